The summed E-state index contributed by atoms with van der Waals surface area (Å²) in [4.78, 5) is 23.0. The molecule has 0 unspecified atom stereocenters. The zero-order valence-corrected chi connectivity index (χ0v) is 18.9. The summed E-state index contributed by atoms with van der Waals surface area (Å²) in [5.41, 5.74) is 1.33. The average molecular weight is 469 g/mol. The molecule has 34 heavy (non-hydrogen) atoms. The van der Waals surface area contributed by atoms with E-state index in [1.807, 2.05) is 72.6 Å². The monoisotopic (exact) mass is 468 g/mol. The number of carbonyl (C=O) groups is 1. The van der Waals surface area contributed by atoms with E-state index in [-0.39, 0.29) is 18.5 Å². The van der Waals surface area contributed by atoms with Crippen LogP contribution in [0.3, 0.4) is 0 Å². The number of amides is 1. The van der Waals surface area contributed by atoms with E-state index >= 15 is 0 Å². The van der Waals surface area contributed by atoms with Crippen molar-refractivity contribution in [1.29, 1.82) is 0 Å². The first-order chi connectivity index (χ1) is 16.3. The van der Waals surface area contributed by atoms with Crippen LogP contribution < -0.4 is 4.90 Å². The Morgan fingerprint density at radius 3 is 1.94 bits per heavy atom. The summed E-state index contributed by atoms with van der Waals surface area (Å²) in [5, 5.41) is 0. The summed E-state index contributed by atoms with van der Waals surface area (Å²) >= 11 is 0. The molecule has 1 amide bonds. The van der Waals surface area contributed by atoms with E-state index in [4.69, 9.17) is 0 Å². The summed E-state index contributed by atoms with van der Waals surface area (Å²) in [6, 6.07) is 22.2. The van der Waals surface area contributed by atoms with Gasteiger partial charge < -0.3 is 9.80 Å². The average Bonchev–Trinajstić information content (AvgIpc) is 2.85. The molecule has 8 heteroatoms. The molecule has 2 aromatic carbocycles. The second kappa shape index (κ2) is 10.3. The van der Waals surface area contributed by atoms with E-state index in [1.165, 1.54) is 6.07 Å². The predicted octanol–water partition coefficient (Wildman–Crippen LogP) is 4.47. The quantitative estimate of drug-likeness (QED) is 0.535. The fourth-order valence-electron chi connectivity index (χ4n) is 4.23. The lowest BCUT2D eigenvalue weighted by atomic mass is 9.97. The standard InChI is InChI=1S/C26H27F3N4O/c1-31(25(20-8-4-2-5-9-20)21-10-6-3-7-11-21)24(34)19-32-14-16-33(17-15-32)23-13-12-22(18-30-23)26(27,28)29/h2-13,18,25H,14-17,19H2,1H3. The molecular formula is C26H27F3N4O. The van der Waals surface area contributed by atoms with Crippen molar-refractivity contribution in [2.24, 2.45) is 0 Å². The summed E-state index contributed by atoms with van der Waals surface area (Å²) in [5.74, 6) is 0.531. The van der Waals surface area contributed by atoms with Crippen LogP contribution in [0.5, 0.6) is 0 Å². The summed E-state index contributed by atoms with van der Waals surface area (Å²) in [7, 11) is 1.83. The molecule has 4 rings (SSSR count). The van der Waals surface area contributed by atoms with E-state index in [0.717, 1.165) is 23.4 Å². The molecule has 0 aliphatic carbocycles. The second-order valence-electron chi connectivity index (χ2n) is 8.39. The molecule has 0 N–H and O–H groups in total. The number of nitrogens with zero attached hydrogens (tertiary/aromatic N) is 4. The zero-order chi connectivity index (χ0) is 24.1. The van der Waals surface area contributed by atoms with Gasteiger partial charge in [0.1, 0.15) is 5.82 Å². The maximum atomic E-state index is 13.2. The molecule has 1 fully saturated rings. The van der Waals surface area contributed by atoms with Gasteiger partial charge in [0, 0.05) is 39.4 Å². The largest absolute Gasteiger partial charge is 0.417 e. The summed E-state index contributed by atoms with van der Waals surface area (Å²) in [6.45, 7) is 2.72. The minimum atomic E-state index is -4.39. The molecule has 0 atom stereocenters. The number of aromatic nitrogens is 1. The number of hydrogen-bond acceptors (Lipinski definition) is 4. The number of likely N-dealkylation sites (N-methyl/N-ethyl adjacent to an activating group) is 1. The van der Waals surface area contributed by atoms with E-state index in [1.54, 1.807) is 4.90 Å². The third-order valence-electron chi connectivity index (χ3n) is 6.14. The molecule has 0 radical (unpaired) electrons. The van der Waals surface area contributed by atoms with Crippen molar-refractivity contribution in [3.8, 4) is 0 Å². The third-order valence-corrected chi connectivity index (χ3v) is 6.14. The number of carbonyl (C=O) groups excluding carboxylic acids is 1. The number of halogens is 3. The maximum absolute atomic E-state index is 13.2. The lowest BCUT2D eigenvalue weighted by Crippen LogP contribution is -2.50. The van der Waals surface area contributed by atoms with Crippen LogP contribution in [0.1, 0.15) is 22.7 Å². The number of benzene rings is 2. The third kappa shape index (κ3) is 5.56. The van der Waals surface area contributed by atoms with Crippen LogP contribution in [0.2, 0.25) is 0 Å². The van der Waals surface area contributed by atoms with Crippen molar-refractivity contribution in [1.82, 2.24) is 14.8 Å². The fraction of sp³-hybridized carbons (Fsp3) is 0.308. The number of hydrogen-bond donors (Lipinski definition) is 0. The van der Waals surface area contributed by atoms with E-state index in [9.17, 15) is 18.0 Å². The Morgan fingerprint density at radius 2 is 1.47 bits per heavy atom. The Morgan fingerprint density at radius 1 is 0.912 bits per heavy atom. The normalized spacial score (nSPS) is 14.9. The van der Waals surface area contributed by atoms with Crippen LogP contribution in [0, 0.1) is 0 Å². The van der Waals surface area contributed by atoms with Crippen LogP contribution in [-0.2, 0) is 11.0 Å². The van der Waals surface area contributed by atoms with Crippen LogP contribution in [0.15, 0.2) is 79.0 Å². The van der Waals surface area contributed by atoms with Crippen molar-refractivity contribution < 1.29 is 18.0 Å². The first kappa shape index (κ1) is 23.8. The van der Waals surface area contributed by atoms with Crippen molar-refractivity contribution in [2.45, 2.75) is 12.2 Å². The highest BCUT2D eigenvalue weighted by Gasteiger charge is 2.31. The molecule has 0 spiro atoms. The summed E-state index contributed by atoms with van der Waals surface area (Å²) in [6.07, 6.45) is -3.53. The number of anilines is 1. The van der Waals surface area contributed by atoms with Crippen molar-refractivity contribution in [3.05, 3.63) is 95.7 Å². The van der Waals surface area contributed by atoms with Gasteiger partial charge in [0.25, 0.3) is 0 Å². The Balaban J connectivity index is 1.38. The molecule has 1 aliphatic rings. The number of alkyl halides is 3. The van der Waals surface area contributed by atoms with Gasteiger partial charge in [-0.15, -0.1) is 0 Å². The molecule has 1 saturated heterocycles. The maximum Gasteiger partial charge on any atom is 0.417 e. The first-order valence-electron chi connectivity index (χ1n) is 11.2. The second-order valence-corrected chi connectivity index (χ2v) is 8.39. The van der Waals surface area contributed by atoms with E-state index in [2.05, 4.69) is 9.88 Å². The lowest BCUT2D eigenvalue weighted by Gasteiger charge is -2.37. The van der Waals surface area contributed by atoms with Crippen molar-refractivity contribution in [3.63, 3.8) is 0 Å². The highest BCUT2D eigenvalue weighted by Crippen LogP contribution is 2.30. The van der Waals surface area contributed by atoms with Crippen LogP contribution in [0.4, 0.5) is 19.0 Å². The Kier molecular flexibility index (Phi) is 7.17. The highest BCUT2D eigenvalue weighted by atomic mass is 19.4. The predicted molar refractivity (Wildman–Crippen MR) is 125 cm³/mol. The van der Waals surface area contributed by atoms with Crippen LogP contribution in [-0.4, -0.2) is 60.5 Å². The van der Waals surface area contributed by atoms with E-state index in [0.29, 0.717) is 32.0 Å². The van der Waals surface area contributed by atoms with Gasteiger partial charge in [0.15, 0.2) is 0 Å². The van der Waals surface area contributed by atoms with Gasteiger partial charge in [-0.3, -0.25) is 9.69 Å². The number of pyridine rings is 1. The van der Waals surface area contributed by atoms with Gasteiger partial charge in [-0.25, -0.2) is 4.98 Å². The SMILES string of the molecule is CN(C(=O)CN1CCN(c2ccc(C(F)(F)F)cn2)CC1)C(c1ccccc1)c1ccccc1. The van der Waals surface area contributed by atoms with Crippen LogP contribution in [0.25, 0.3) is 0 Å². The van der Waals surface area contributed by atoms with E-state index < -0.39 is 11.7 Å². The van der Waals surface area contributed by atoms with Gasteiger partial charge in [-0.1, -0.05) is 60.7 Å². The number of piperazine rings is 1. The van der Waals surface area contributed by atoms with Crippen molar-refractivity contribution >= 4 is 11.7 Å². The molecule has 3 aromatic rings. The first-order valence-corrected chi connectivity index (χ1v) is 11.2. The van der Waals surface area contributed by atoms with Gasteiger partial charge in [0.2, 0.25) is 5.91 Å². The minimum absolute atomic E-state index is 0.0128. The fourth-order valence-corrected chi connectivity index (χ4v) is 4.23. The molecule has 2 heterocycles. The molecule has 0 bridgehead atoms. The minimum Gasteiger partial charge on any atom is -0.354 e. The Hall–Kier alpha value is -3.39. The van der Waals surface area contributed by atoms with Gasteiger partial charge in [-0.05, 0) is 23.3 Å². The smallest absolute Gasteiger partial charge is 0.354 e. The van der Waals surface area contributed by atoms with Crippen LogP contribution >= 0.6 is 0 Å². The van der Waals surface area contributed by atoms with Gasteiger partial charge in [-0.2, -0.15) is 13.2 Å². The Labute approximate surface area is 197 Å². The zero-order valence-electron chi connectivity index (χ0n) is 18.9. The molecular weight excluding hydrogens is 441 g/mol. The molecule has 0 saturated carbocycles. The molecule has 1 aromatic heterocycles. The van der Waals surface area contributed by atoms with Gasteiger partial charge >= 0.3 is 6.18 Å². The summed E-state index contributed by atoms with van der Waals surface area (Å²) < 4.78 is 38.3. The topological polar surface area (TPSA) is 39.7 Å². The Bertz CT molecular complexity index is 1030. The molecule has 178 valence electrons. The lowest BCUT2D eigenvalue weighted by molar-refractivity contribution is -0.137. The van der Waals surface area contributed by atoms with Gasteiger partial charge in [0.05, 0.1) is 18.2 Å². The highest BCUT2D eigenvalue weighted by molar-refractivity contribution is 5.79. The molecule has 5 nitrogen and oxygen atoms in total. The van der Waals surface area contributed by atoms with Crippen molar-refractivity contribution in [2.75, 3.05) is 44.7 Å². The number of rotatable bonds is 6. The molecule has 1 aliphatic heterocycles.